The molecular weight excluding hydrogens is 120 g/mol. The van der Waals surface area contributed by atoms with Gasteiger partial charge >= 0.3 is 5.97 Å². The molecule has 2 N–H and O–H groups in total. The molecule has 3 nitrogen and oxygen atoms in total. The molecule has 0 rings (SSSR count). The standard InChI is InChI=1S/C6H7O3/c7-5-3-1-2-4-6(8)9/h2,7H,4-5H2,(H,8,9). The summed E-state index contributed by atoms with van der Waals surface area (Å²) >= 11 is 0. The number of rotatable bonds is 2. The molecule has 0 aromatic heterocycles. The summed E-state index contributed by atoms with van der Waals surface area (Å²) in [5.74, 6) is 3.74. The zero-order chi connectivity index (χ0) is 7.11. The van der Waals surface area contributed by atoms with Crippen molar-refractivity contribution in [3.8, 4) is 11.8 Å². The molecule has 1 radical (unpaired) electrons. The number of carboxylic acid groups (broad SMARTS) is 1. The Morgan fingerprint density at radius 3 is 2.78 bits per heavy atom. The fourth-order valence-corrected chi connectivity index (χ4v) is 0.256. The molecule has 0 spiro atoms. The van der Waals surface area contributed by atoms with Crippen LogP contribution in [0.25, 0.3) is 0 Å². The smallest absolute Gasteiger partial charge is 0.304 e. The van der Waals surface area contributed by atoms with E-state index in [-0.39, 0.29) is 13.0 Å². The lowest BCUT2D eigenvalue weighted by molar-refractivity contribution is -0.136. The number of hydrogen-bond acceptors (Lipinski definition) is 2. The predicted molar refractivity (Wildman–Crippen MR) is 31.4 cm³/mol. The van der Waals surface area contributed by atoms with Crippen molar-refractivity contribution in [2.75, 3.05) is 6.61 Å². The third-order valence-electron chi connectivity index (χ3n) is 0.560. The molecule has 49 valence electrons. The highest BCUT2D eigenvalue weighted by Gasteiger charge is 1.90. The third-order valence-corrected chi connectivity index (χ3v) is 0.560. The lowest BCUT2D eigenvalue weighted by Crippen LogP contribution is -1.92. The van der Waals surface area contributed by atoms with Crippen LogP contribution in [-0.2, 0) is 4.79 Å². The third kappa shape index (κ3) is 6.99. The quantitative estimate of drug-likeness (QED) is 0.499. The number of aliphatic hydroxyl groups excluding tert-OH is 1. The van der Waals surface area contributed by atoms with Gasteiger partial charge in [0, 0.05) is 6.42 Å². The molecule has 3 heteroatoms. The van der Waals surface area contributed by atoms with Crippen molar-refractivity contribution in [2.24, 2.45) is 0 Å². The lowest BCUT2D eigenvalue weighted by Gasteiger charge is -1.81. The number of hydrogen-bond donors (Lipinski definition) is 2. The fraction of sp³-hybridized carbons (Fsp3) is 0.333. The SMILES string of the molecule is O=C(O)C[CH]C#CCO. The number of aliphatic carboxylic acids is 1. The summed E-state index contributed by atoms with van der Waals surface area (Å²) in [6, 6.07) is 0. The Morgan fingerprint density at radius 2 is 2.33 bits per heavy atom. The van der Waals surface area contributed by atoms with E-state index < -0.39 is 5.97 Å². The van der Waals surface area contributed by atoms with Gasteiger partial charge in [-0.15, -0.1) is 0 Å². The maximum atomic E-state index is 9.80. The maximum absolute atomic E-state index is 9.80. The first-order valence-electron chi connectivity index (χ1n) is 2.40. The highest BCUT2D eigenvalue weighted by Crippen LogP contribution is 1.82. The second-order valence-electron chi connectivity index (χ2n) is 1.28. The molecule has 0 aliphatic heterocycles. The largest absolute Gasteiger partial charge is 0.481 e. The Morgan fingerprint density at radius 1 is 1.67 bits per heavy atom. The minimum atomic E-state index is -0.915. The monoisotopic (exact) mass is 127 g/mol. The highest BCUT2D eigenvalue weighted by molar-refractivity contribution is 5.68. The Bertz CT molecular complexity index is 140. The number of aliphatic hydroxyl groups is 1. The summed E-state index contributed by atoms with van der Waals surface area (Å²) < 4.78 is 0. The van der Waals surface area contributed by atoms with Crippen molar-refractivity contribution in [2.45, 2.75) is 6.42 Å². The van der Waals surface area contributed by atoms with Crippen LogP contribution in [0.2, 0.25) is 0 Å². The van der Waals surface area contributed by atoms with Crippen LogP contribution in [0, 0.1) is 18.3 Å². The zero-order valence-electron chi connectivity index (χ0n) is 4.79. The molecule has 0 aliphatic rings. The van der Waals surface area contributed by atoms with Gasteiger partial charge in [0.15, 0.2) is 0 Å². The van der Waals surface area contributed by atoms with Gasteiger partial charge in [-0.1, -0.05) is 11.8 Å². The van der Waals surface area contributed by atoms with Crippen LogP contribution in [0.4, 0.5) is 0 Å². The van der Waals surface area contributed by atoms with Crippen LogP contribution in [0.5, 0.6) is 0 Å². The molecule has 0 aromatic carbocycles. The minimum Gasteiger partial charge on any atom is -0.481 e. The molecule has 0 fully saturated rings. The van der Waals surface area contributed by atoms with Crippen molar-refractivity contribution >= 4 is 5.97 Å². The normalized spacial score (nSPS) is 7.67. The maximum Gasteiger partial charge on any atom is 0.304 e. The van der Waals surface area contributed by atoms with Gasteiger partial charge in [0.05, 0.1) is 6.42 Å². The van der Waals surface area contributed by atoms with Gasteiger partial charge in [0.25, 0.3) is 0 Å². The van der Waals surface area contributed by atoms with Gasteiger partial charge in [0.2, 0.25) is 0 Å². The lowest BCUT2D eigenvalue weighted by atomic mass is 10.3. The van der Waals surface area contributed by atoms with E-state index in [0.29, 0.717) is 0 Å². The first-order chi connectivity index (χ1) is 4.27. The van der Waals surface area contributed by atoms with Crippen molar-refractivity contribution in [1.82, 2.24) is 0 Å². The van der Waals surface area contributed by atoms with Crippen molar-refractivity contribution in [3.63, 3.8) is 0 Å². The summed E-state index contributed by atoms with van der Waals surface area (Å²) in [5.41, 5.74) is 0. The molecule has 0 saturated heterocycles. The van der Waals surface area contributed by atoms with Crippen molar-refractivity contribution in [3.05, 3.63) is 6.42 Å². The van der Waals surface area contributed by atoms with Crippen LogP contribution in [0.15, 0.2) is 0 Å². The molecule has 9 heavy (non-hydrogen) atoms. The van der Waals surface area contributed by atoms with E-state index in [1.165, 1.54) is 6.42 Å². The van der Waals surface area contributed by atoms with E-state index in [1.807, 2.05) is 0 Å². The van der Waals surface area contributed by atoms with Gasteiger partial charge in [-0.05, 0) is 0 Å². The molecule has 0 unspecified atom stereocenters. The average molecular weight is 127 g/mol. The van der Waals surface area contributed by atoms with Gasteiger partial charge in [-0.3, -0.25) is 4.79 Å². The van der Waals surface area contributed by atoms with Crippen LogP contribution < -0.4 is 0 Å². The van der Waals surface area contributed by atoms with Gasteiger partial charge in [-0.25, -0.2) is 0 Å². The molecule has 0 saturated carbocycles. The molecule has 0 heterocycles. The number of carbonyl (C=O) groups is 1. The fourth-order valence-electron chi connectivity index (χ4n) is 0.256. The molecule has 0 bridgehead atoms. The van der Waals surface area contributed by atoms with Gasteiger partial charge in [0.1, 0.15) is 6.61 Å². The molecule has 0 atom stereocenters. The average Bonchev–Trinajstić information content (AvgIpc) is 1.80. The molecule has 0 amide bonds. The van der Waals surface area contributed by atoms with Crippen LogP contribution in [0.1, 0.15) is 6.42 Å². The molecule has 0 aliphatic carbocycles. The van der Waals surface area contributed by atoms with Crippen LogP contribution in [0.3, 0.4) is 0 Å². The second-order valence-corrected chi connectivity index (χ2v) is 1.28. The topological polar surface area (TPSA) is 57.5 Å². The molecular formula is C6H7O3. The predicted octanol–water partition coefficient (Wildman–Crippen LogP) is -0.339. The van der Waals surface area contributed by atoms with E-state index in [1.54, 1.807) is 0 Å². The summed E-state index contributed by atoms with van der Waals surface area (Å²) in [4.78, 5) is 9.80. The first-order valence-corrected chi connectivity index (χ1v) is 2.40. The summed E-state index contributed by atoms with van der Waals surface area (Å²) in [6.45, 7) is -0.226. The molecule has 0 aromatic rings. The highest BCUT2D eigenvalue weighted by atomic mass is 16.4. The van der Waals surface area contributed by atoms with Crippen molar-refractivity contribution < 1.29 is 15.0 Å². The Balaban J connectivity index is 3.19. The van der Waals surface area contributed by atoms with Crippen LogP contribution >= 0.6 is 0 Å². The number of carboxylic acids is 1. The second kappa shape index (κ2) is 5.13. The van der Waals surface area contributed by atoms with E-state index in [0.717, 1.165) is 0 Å². The first kappa shape index (κ1) is 7.99. The Kier molecular flexibility index (Phi) is 4.56. The minimum absolute atomic E-state index is 0.0764. The summed E-state index contributed by atoms with van der Waals surface area (Å²) in [5, 5.41) is 16.1. The Hall–Kier alpha value is -1.01. The van der Waals surface area contributed by atoms with E-state index in [9.17, 15) is 4.79 Å². The van der Waals surface area contributed by atoms with Crippen LogP contribution in [-0.4, -0.2) is 22.8 Å². The van der Waals surface area contributed by atoms with Crippen molar-refractivity contribution in [1.29, 1.82) is 0 Å². The zero-order valence-corrected chi connectivity index (χ0v) is 4.79. The van der Waals surface area contributed by atoms with Gasteiger partial charge < -0.3 is 10.2 Å². The summed E-state index contributed by atoms with van der Waals surface area (Å²) in [7, 11) is 0. The van der Waals surface area contributed by atoms with E-state index in [2.05, 4.69) is 11.8 Å². The van der Waals surface area contributed by atoms with E-state index in [4.69, 9.17) is 10.2 Å². The van der Waals surface area contributed by atoms with Gasteiger partial charge in [-0.2, -0.15) is 0 Å². The van der Waals surface area contributed by atoms with E-state index >= 15 is 0 Å². The summed E-state index contributed by atoms with van der Waals surface area (Å²) in [6.07, 6.45) is 1.21. The Labute approximate surface area is 53.3 Å².